The lowest BCUT2D eigenvalue weighted by Crippen LogP contribution is -2.40. The molecule has 1 aliphatic rings. The van der Waals surface area contributed by atoms with Gasteiger partial charge in [-0.25, -0.2) is 9.78 Å². The highest BCUT2D eigenvalue weighted by atomic mass is 32.1. The van der Waals surface area contributed by atoms with Crippen molar-refractivity contribution in [3.8, 4) is 0 Å². The van der Waals surface area contributed by atoms with Crippen LogP contribution in [0.5, 0.6) is 0 Å². The number of hydrogen-bond donors (Lipinski definition) is 1. The van der Waals surface area contributed by atoms with Crippen LogP contribution in [0.25, 0.3) is 10.2 Å². The van der Waals surface area contributed by atoms with Crippen LogP contribution >= 0.6 is 11.3 Å². The van der Waals surface area contributed by atoms with Crippen molar-refractivity contribution in [3.05, 3.63) is 23.8 Å². The highest BCUT2D eigenvalue weighted by Crippen LogP contribution is 2.27. The van der Waals surface area contributed by atoms with Crippen molar-refractivity contribution in [1.29, 1.82) is 0 Å². The Balaban J connectivity index is 1.71. The van der Waals surface area contributed by atoms with E-state index in [4.69, 9.17) is 0 Å². The van der Waals surface area contributed by atoms with Gasteiger partial charge in [0, 0.05) is 13.1 Å². The molecule has 0 aliphatic carbocycles. The molecule has 1 saturated heterocycles. The molecule has 0 bridgehead atoms. The van der Waals surface area contributed by atoms with Gasteiger partial charge in [0.15, 0.2) is 5.13 Å². The molecular weight excluding hydrogens is 270 g/mol. The van der Waals surface area contributed by atoms with E-state index < -0.39 is 0 Å². The monoisotopic (exact) mass is 289 g/mol. The summed E-state index contributed by atoms with van der Waals surface area (Å²) in [5.74, 6) is 0.726. The van der Waals surface area contributed by atoms with Crippen LogP contribution in [0.2, 0.25) is 0 Å². The first-order valence-corrected chi connectivity index (χ1v) is 7.86. The molecule has 0 saturated carbocycles. The molecule has 4 nitrogen and oxygen atoms in total. The number of nitrogens with one attached hydrogen (secondary N) is 1. The van der Waals surface area contributed by atoms with Crippen molar-refractivity contribution in [3.63, 3.8) is 0 Å². The van der Waals surface area contributed by atoms with Crippen LogP contribution in [0.3, 0.4) is 0 Å². The molecule has 2 aromatic rings. The first-order valence-electron chi connectivity index (χ1n) is 7.05. The molecule has 1 aromatic heterocycles. The van der Waals surface area contributed by atoms with E-state index >= 15 is 0 Å². The molecule has 0 atom stereocenters. The van der Waals surface area contributed by atoms with E-state index in [-0.39, 0.29) is 6.03 Å². The van der Waals surface area contributed by atoms with Gasteiger partial charge < -0.3 is 4.90 Å². The largest absolute Gasteiger partial charge is 0.324 e. The number of thiazole rings is 1. The van der Waals surface area contributed by atoms with Crippen molar-refractivity contribution >= 4 is 32.7 Å². The van der Waals surface area contributed by atoms with Gasteiger partial charge in [0.05, 0.1) is 10.2 Å². The van der Waals surface area contributed by atoms with Gasteiger partial charge in [-0.3, -0.25) is 5.32 Å². The first-order chi connectivity index (χ1) is 9.61. The molecule has 1 aromatic carbocycles. The van der Waals surface area contributed by atoms with Crippen LogP contribution in [0.15, 0.2) is 18.2 Å². The Kier molecular flexibility index (Phi) is 3.61. The first kappa shape index (κ1) is 13.4. The van der Waals surface area contributed by atoms with Gasteiger partial charge in [0.1, 0.15) is 0 Å². The summed E-state index contributed by atoms with van der Waals surface area (Å²) >= 11 is 1.53. The molecule has 0 radical (unpaired) electrons. The van der Waals surface area contributed by atoms with Gasteiger partial charge in [0.2, 0.25) is 0 Å². The summed E-state index contributed by atoms with van der Waals surface area (Å²) in [6.07, 6.45) is 2.18. The SMILES string of the molecule is Cc1ccc2nc(NC(=O)N3CCC(C)CC3)sc2c1. The van der Waals surface area contributed by atoms with Crippen molar-refractivity contribution in [2.75, 3.05) is 18.4 Å². The number of amides is 2. The molecule has 106 valence electrons. The summed E-state index contributed by atoms with van der Waals surface area (Å²) in [5.41, 5.74) is 2.16. The second-order valence-electron chi connectivity index (χ2n) is 5.59. The molecule has 1 N–H and O–H groups in total. The van der Waals surface area contributed by atoms with Gasteiger partial charge in [-0.2, -0.15) is 0 Å². The van der Waals surface area contributed by atoms with Crippen LogP contribution in [0.4, 0.5) is 9.93 Å². The number of fused-ring (bicyclic) bond motifs is 1. The third-order valence-electron chi connectivity index (χ3n) is 3.83. The standard InChI is InChI=1S/C15H19N3OS/c1-10-5-7-18(8-6-10)15(19)17-14-16-12-4-3-11(2)9-13(12)20-14/h3-4,9-10H,5-8H2,1-2H3,(H,16,17,19). The van der Waals surface area contributed by atoms with E-state index in [2.05, 4.69) is 30.2 Å². The number of aromatic nitrogens is 1. The maximum atomic E-state index is 12.2. The van der Waals surface area contributed by atoms with E-state index in [0.29, 0.717) is 5.13 Å². The summed E-state index contributed by atoms with van der Waals surface area (Å²) in [6.45, 7) is 5.99. The number of nitrogens with zero attached hydrogens (tertiary/aromatic N) is 2. The quantitative estimate of drug-likeness (QED) is 0.866. The lowest BCUT2D eigenvalue weighted by molar-refractivity contribution is 0.186. The Morgan fingerprint density at radius 2 is 2.15 bits per heavy atom. The Bertz CT molecular complexity index is 629. The molecule has 2 amide bonds. The van der Waals surface area contributed by atoms with Crippen LogP contribution < -0.4 is 5.32 Å². The number of benzene rings is 1. The Morgan fingerprint density at radius 1 is 1.40 bits per heavy atom. The fraction of sp³-hybridized carbons (Fsp3) is 0.467. The summed E-state index contributed by atoms with van der Waals surface area (Å²) in [6, 6.07) is 6.12. The average molecular weight is 289 g/mol. The predicted molar refractivity (Wildman–Crippen MR) is 83.3 cm³/mol. The van der Waals surface area contributed by atoms with E-state index in [9.17, 15) is 4.79 Å². The summed E-state index contributed by atoms with van der Waals surface area (Å²) in [4.78, 5) is 18.5. The van der Waals surface area contributed by atoms with Crippen molar-refractivity contribution in [1.82, 2.24) is 9.88 Å². The number of urea groups is 1. The zero-order valence-electron chi connectivity index (χ0n) is 11.8. The molecule has 2 heterocycles. The molecule has 3 rings (SSSR count). The number of rotatable bonds is 1. The molecule has 0 spiro atoms. The molecule has 0 unspecified atom stereocenters. The fourth-order valence-electron chi connectivity index (χ4n) is 2.47. The molecular formula is C15H19N3OS. The van der Waals surface area contributed by atoms with Gasteiger partial charge in [0.25, 0.3) is 0 Å². The number of anilines is 1. The van der Waals surface area contributed by atoms with E-state index in [1.807, 2.05) is 17.0 Å². The molecule has 5 heteroatoms. The second-order valence-corrected chi connectivity index (χ2v) is 6.62. The lowest BCUT2D eigenvalue weighted by Gasteiger charge is -2.29. The predicted octanol–water partition coefficient (Wildman–Crippen LogP) is 3.87. The van der Waals surface area contributed by atoms with Crippen LogP contribution in [-0.4, -0.2) is 29.0 Å². The average Bonchev–Trinajstić information content (AvgIpc) is 2.80. The van der Waals surface area contributed by atoms with Crippen LogP contribution in [-0.2, 0) is 0 Å². The van der Waals surface area contributed by atoms with Gasteiger partial charge in [-0.05, 0) is 43.4 Å². The van der Waals surface area contributed by atoms with E-state index in [1.54, 1.807) is 0 Å². The van der Waals surface area contributed by atoms with Crippen molar-refractivity contribution in [2.24, 2.45) is 5.92 Å². The summed E-state index contributed by atoms with van der Waals surface area (Å²) in [7, 11) is 0. The minimum atomic E-state index is -0.0207. The summed E-state index contributed by atoms with van der Waals surface area (Å²) < 4.78 is 1.12. The number of hydrogen-bond acceptors (Lipinski definition) is 3. The minimum absolute atomic E-state index is 0.0207. The number of likely N-dealkylation sites (tertiary alicyclic amines) is 1. The lowest BCUT2D eigenvalue weighted by atomic mass is 10.00. The van der Waals surface area contributed by atoms with Crippen LogP contribution in [0, 0.1) is 12.8 Å². The van der Waals surface area contributed by atoms with E-state index in [1.165, 1.54) is 16.9 Å². The highest BCUT2D eigenvalue weighted by Gasteiger charge is 2.21. The molecule has 1 fully saturated rings. The Labute approximate surface area is 122 Å². The number of piperidine rings is 1. The fourth-order valence-corrected chi connectivity index (χ4v) is 3.42. The number of carbonyl (C=O) groups is 1. The Morgan fingerprint density at radius 3 is 2.90 bits per heavy atom. The molecule has 20 heavy (non-hydrogen) atoms. The zero-order valence-corrected chi connectivity index (χ0v) is 12.7. The topological polar surface area (TPSA) is 45.2 Å². The highest BCUT2D eigenvalue weighted by molar-refractivity contribution is 7.22. The van der Waals surface area contributed by atoms with Crippen molar-refractivity contribution < 1.29 is 4.79 Å². The molecule has 1 aliphatic heterocycles. The van der Waals surface area contributed by atoms with Crippen molar-refractivity contribution in [2.45, 2.75) is 26.7 Å². The third-order valence-corrected chi connectivity index (χ3v) is 4.76. The summed E-state index contributed by atoms with van der Waals surface area (Å²) in [5, 5.41) is 3.62. The second kappa shape index (κ2) is 5.40. The number of aryl methyl sites for hydroxylation is 1. The zero-order chi connectivity index (χ0) is 14.1. The van der Waals surface area contributed by atoms with E-state index in [0.717, 1.165) is 42.1 Å². The Hall–Kier alpha value is -1.62. The minimum Gasteiger partial charge on any atom is -0.324 e. The third kappa shape index (κ3) is 2.77. The number of carbonyl (C=O) groups excluding carboxylic acids is 1. The maximum absolute atomic E-state index is 12.2. The maximum Gasteiger partial charge on any atom is 0.323 e. The normalized spacial score (nSPS) is 16.6. The van der Waals surface area contributed by atoms with Crippen LogP contribution in [0.1, 0.15) is 25.3 Å². The van der Waals surface area contributed by atoms with Gasteiger partial charge >= 0.3 is 6.03 Å². The van der Waals surface area contributed by atoms with Gasteiger partial charge in [-0.1, -0.05) is 24.3 Å². The van der Waals surface area contributed by atoms with Gasteiger partial charge in [-0.15, -0.1) is 0 Å². The smallest absolute Gasteiger partial charge is 0.323 e.